The number of nitrogen functional groups attached to an aromatic ring is 1. The molecule has 0 aliphatic carbocycles. The van der Waals surface area contributed by atoms with E-state index in [4.69, 9.17) is 16.2 Å². The minimum Gasteiger partial charge on any atom is -0.368 e. The minimum absolute atomic E-state index is 0.0225. The predicted molar refractivity (Wildman–Crippen MR) is 188 cm³/mol. The highest BCUT2D eigenvalue weighted by molar-refractivity contribution is 6.76. The number of nitrogens with two attached hydrogens (primary N) is 2. The zero-order valence-corrected chi connectivity index (χ0v) is 28.8. The Kier molecular flexibility index (Phi) is 10.2. The number of rotatable bonds is 9. The van der Waals surface area contributed by atoms with Gasteiger partial charge in [0.25, 0.3) is 11.8 Å². The van der Waals surface area contributed by atoms with Crippen molar-refractivity contribution in [3.05, 3.63) is 88.6 Å². The molecule has 4 N–H and O–H groups in total. The molecule has 0 radical (unpaired) electrons. The van der Waals surface area contributed by atoms with Crippen LogP contribution in [-0.2, 0) is 11.5 Å². The van der Waals surface area contributed by atoms with Crippen molar-refractivity contribution >= 4 is 25.8 Å². The standard InChI is InChI=1S/C36H43N7O3Si/c1-25-7-6-8-28(21-25)33-30(34(37)44)22-31(43(33)24-46-19-20-47(3,4)5)32-29(23-39-36(38)40-32)14-11-26-9-12-27(13-10-26)35(45)42-17-15-41(2)16-18-42/h6-10,12-13,21-23H,15-20,24H2,1-5H3,(H2,37,44)(H2,38,39,40). The number of amides is 2. The van der Waals surface area contributed by atoms with Gasteiger partial charge in [-0.1, -0.05) is 55.2 Å². The maximum absolute atomic E-state index is 13.0. The van der Waals surface area contributed by atoms with Crippen molar-refractivity contribution in [3.63, 3.8) is 0 Å². The molecule has 1 saturated heterocycles. The maximum atomic E-state index is 13.0. The Morgan fingerprint density at radius 1 is 1.00 bits per heavy atom. The Hall–Kier alpha value is -4.76. The first kappa shape index (κ1) is 33.6. The summed E-state index contributed by atoms with van der Waals surface area (Å²) in [6, 6.07) is 17.9. The highest BCUT2D eigenvalue weighted by atomic mass is 28.3. The van der Waals surface area contributed by atoms with Gasteiger partial charge in [-0.15, -0.1) is 0 Å². The number of nitrogens with zero attached hydrogens (tertiary/aromatic N) is 5. The second kappa shape index (κ2) is 14.3. The molecule has 0 unspecified atom stereocenters. The average molecular weight is 650 g/mol. The third kappa shape index (κ3) is 8.34. The summed E-state index contributed by atoms with van der Waals surface area (Å²) < 4.78 is 8.15. The molecule has 1 fully saturated rings. The van der Waals surface area contributed by atoms with Crippen LogP contribution >= 0.6 is 0 Å². The summed E-state index contributed by atoms with van der Waals surface area (Å²) in [7, 11) is 0.724. The van der Waals surface area contributed by atoms with Crippen molar-refractivity contribution in [1.29, 1.82) is 0 Å². The van der Waals surface area contributed by atoms with E-state index in [0.717, 1.165) is 35.8 Å². The Balaban J connectivity index is 1.52. The Bertz CT molecular complexity index is 1830. The SMILES string of the molecule is Cc1cccc(-c2c(C(N)=O)cc(-c3nc(N)ncc3C#Cc3ccc(C(=O)N4CCN(C)CC4)cc3)n2COCC[Si](C)(C)C)c1. The first-order valence-corrected chi connectivity index (χ1v) is 19.5. The quantitative estimate of drug-likeness (QED) is 0.153. The number of benzene rings is 2. The fourth-order valence-corrected chi connectivity index (χ4v) is 6.17. The molecule has 244 valence electrons. The number of carbonyl (C=O) groups is 2. The molecule has 0 saturated carbocycles. The molecule has 47 heavy (non-hydrogen) atoms. The summed E-state index contributed by atoms with van der Waals surface area (Å²) in [5.41, 5.74) is 17.8. The molecule has 0 atom stereocenters. The molecule has 0 bridgehead atoms. The first-order valence-electron chi connectivity index (χ1n) is 15.8. The van der Waals surface area contributed by atoms with Gasteiger partial charge in [-0.05, 0) is 62.0 Å². The van der Waals surface area contributed by atoms with E-state index in [1.165, 1.54) is 0 Å². The van der Waals surface area contributed by atoms with Gasteiger partial charge in [0.05, 0.1) is 22.5 Å². The summed E-state index contributed by atoms with van der Waals surface area (Å²) in [6.07, 6.45) is 1.58. The third-order valence-corrected chi connectivity index (χ3v) is 9.89. The number of anilines is 1. The highest BCUT2D eigenvalue weighted by Crippen LogP contribution is 2.34. The number of hydrogen-bond donors (Lipinski definition) is 2. The predicted octanol–water partition coefficient (Wildman–Crippen LogP) is 4.70. The Morgan fingerprint density at radius 3 is 2.38 bits per heavy atom. The zero-order valence-electron chi connectivity index (χ0n) is 27.8. The fourth-order valence-electron chi connectivity index (χ4n) is 5.41. The molecular weight excluding hydrogens is 607 g/mol. The number of primary amides is 1. The number of piperazine rings is 1. The lowest BCUT2D eigenvalue weighted by molar-refractivity contribution is 0.0664. The van der Waals surface area contributed by atoms with Gasteiger partial charge in [0, 0.05) is 58.2 Å². The topological polar surface area (TPSA) is 133 Å². The van der Waals surface area contributed by atoms with E-state index >= 15 is 0 Å². The van der Waals surface area contributed by atoms with E-state index in [1.807, 2.05) is 52.8 Å². The minimum atomic E-state index is -1.34. The van der Waals surface area contributed by atoms with Crippen molar-refractivity contribution in [3.8, 4) is 34.5 Å². The van der Waals surface area contributed by atoms with Gasteiger partial charge < -0.3 is 30.6 Å². The zero-order chi connectivity index (χ0) is 33.7. The lowest BCUT2D eigenvalue weighted by Gasteiger charge is -2.32. The Labute approximate surface area is 277 Å². The lowest BCUT2D eigenvalue weighted by atomic mass is 10.1. The van der Waals surface area contributed by atoms with Crippen LogP contribution in [-0.4, -0.2) is 84.1 Å². The molecule has 2 amide bonds. The van der Waals surface area contributed by atoms with Gasteiger partial charge in [0.15, 0.2) is 0 Å². The van der Waals surface area contributed by atoms with Crippen LogP contribution in [0.25, 0.3) is 22.6 Å². The van der Waals surface area contributed by atoms with Crippen molar-refractivity contribution in [2.24, 2.45) is 5.73 Å². The molecule has 10 nitrogen and oxygen atoms in total. The number of aromatic nitrogens is 3. The molecule has 3 heterocycles. The highest BCUT2D eigenvalue weighted by Gasteiger charge is 2.24. The van der Waals surface area contributed by atoms with E-state index in [9.17, 15) is 9.59 Å². The van der Waals surface area contributed by atoms with Gasteiger partial charge >= 0.3 is 0 Å². The summed E-state index contributed by atoms with van der Waals surface area (Å²) in [4.78, 5) is 38.8. The van der Waals surface area contributed by atoms with Crippen molar-refractivity contribution in [1.82, 2.24) is 24.3 Å². The molecule has 1 aliphatic heterocycles. The smallest absolute Gasteiger partial charge is 0.253 e. The van der Waals surface area contributed by atoms with Crippen LogP contribution in [0.15, 0.2) is 60.8 Å². The van der Waals surface area contributed by atoms with Gasteiger partial charge in [-0.2, -0.15) is 0 Å². The van der Waals surface area contributed by atoms with Crippen LogP contribution in [0.2, 0.25) is 25.7 Å². The van der Waals surface area contributed by atoms with Gasteiger partial charge in [-0.25, -0.2) is 9.97 Å². The molecule has 2 aromatic carbocycles. The number of ether oxygens (including phenoxy) is 1. The van der Waals surface area contributed by atoms with Crippen molar-refractivity contribution < 1.29 is 14.3 Å². The number of aryl methyl sites for hydroxylation is 1. The van der Waals surface area contributed by atoms with Crippen LogP contribution in [0.1, 0.15) is 37.4 Å². The van der Waals surface area contributed by atoms with Gasteiger partial charge in [0.2, 0.25) is 5.95 Å². The summed E-state index contributed by atoms with van der Waals surface area (Å²) in [5, 5.41) is 0. The van der Waals surface area contributed by atoms with Crippen LogP contribution in [0.3, 0.4) is 0 Å². The van der Waals surface area contributed by atoms with Crippen LogP contribution in [0.5, 0.6) is 0 Å². The maximum Gasteiger partial charge on any atom is 0.253 e. The number of likely N-dealkylation sites (N-methyl/N-ethyl adjacent to an activating group) is 1. The largest absolute Gasteiger partial charge is 0.368 e. The molecule has 1 aliphatic rings. The molecule has 0 spiro atoms. The molecule has 11 heteroatoms. The van der Waals surface area contributed by atoms with E-state index in [0.29, 0.717) is 53.5 Å². The van der Waals surface area contributed by atoms with Crippen LogP contribution in [0, 0.1) is 18.8 Å². The van der Waals surface area contributed by atoms with E-state index < -0.39 is 14.0 Å². The first-order chi connectivity index (χ1) is 22.4. The monoisotopic (exact) mass is 649 g/mol. The normalized spacial score (nSPS) is 13.7. The fraction of sp³-hybridized carbons (Fsp3) is 0.333. The second-order valence-corrected chi connectivity index (χ2v) is 18.8. The second-order valence-electron chi connectivity index (χ2n) is 13.2. The average Bonchev–Trinajstić information content (AvgIpc) is 3.42. The molecule has 4 aromatic rings. The van der Waals surface area contributed by atoms with E-state index in [1.54, 1.807) is 24.4 Å². The summed E-state index contributed by atoms with van der Waals surface area (Å²) >= 11 is 0. The summed E-state index contributed by atoms with van der Waals surface area (Å²) in [5.74, 6) is 5.91. The van der Waals surface area contributed by atoms with Crippen molar-refractivity contribution in [2.75, 3.05) is 45.6 Å². The summed E-state index contributed by atoms with van der Waals surface area (Å²) in [6.45, 7) is 12.8. The molecular formula is C36H43N7O3Si. The number of carbonyl (C=O) groups excluding carboxylic acids is 2. The third-order valence-electron chi connectivity index (χ3n) is 8.18. The number of hydrogen-bond acceptors (Lipinski definition) is 7. The lowest BCUT2D eigenvalue weighted by Crippen LogP contribution is -2.47. The van der Waals surface area contributed by atoms with Gasteiger partial charge in [0.1, 0.15) is 12.4 Å². The Morgan fingerprint density at radius 2 is 1.72 bits per heavy atom. The van der Waals surface area contributed by atoms with Crippen molar-refractivity contribution in [2.45, 2.75) is 39.3 Å². The molecule has 2 aromatic heterocycles. The van der Waals surface area contributed by atoms with Crippen LogP contribution in [0.4, 0.5) is 5.95 Å². The van der Waals surface area contributed by atoms with E-state index in [-0.39, 0.29) is 18.6 Å². The molecule has 5 rings (SSSR count). The van der Waals surface area contributed by atoms with E-state index in [2.05, 4.69) is 53.4 Å². The van der Waals surface area contributed by atoms with Gasteiger partial charge in [-0.3, -0.25) is 9.59 Å². The van der Waals surface area contributed by atoms with Crippen LogP contribution < -0.4 is 11.5 Å².